The van der Waals surface area contributed by atoms with Gasteiger partial charge in [0.2, 0.25) is 0 Å². The summed E-state index contributed by atoms with van der Waals surface area (Å²) in [6.07, 6.45) is 0. The number of halogens is 2. The molecule has 0 fully saturated rings. The van der Waals surface area contributed by atoms with Gasteiger partial charge in [-0.25, -0.2) is 4.39 Å². The lowest BCUT2D eigenvalue weighted by molar-refractivity contribution is 0.103. The summed E-state index contributed by atoms with van der Waals surface area (Å²) in [6, 6.07) is 20.3. The summed E-state index contributed by atoms with van der Waals surface area (Å²) in [5.74, 6) is 0.0802. The Morgan fingerprint density at radius 2 is 1.54 bits per heavy atom. The summed E-state index contributed by atoms with van der Waals surface area (Å²) in [5, 5.41) is 0.325. The Morgan fingerprint density at radius 3 is 2.21 bits per heavy atom. The molecule has 4 heteroatoms. The summed E-state index contributed by atoms with van der Waals surface area (Å²) in [5.41, 5.74) is 1.50. The minimum absolute atomic E-state index is 0.0253. The van der Waals surface area contributed by atoms with Crippen LogP contribution in [-0.4, -0.2) is 5.78 Å². The quantitative estimate of drug-likeness (QED) is 0.590. The normalized spacial score (nSPS) is 10.4. The fourth-order valence-corrected chi connectivity index (χ4v) is 2.50. The van der Waals surface area contributed by atoms with Crippen molar-refractivity contribution < 1.29 is 13.9 Å². The molecule has 0 heterocycles. The molecule has 0 aliphatic heterocycles. The Kier molecular flexibility index (Phi) is 4.92. The number of carbonyl (C=O) groups excluding carboxylic acids is 1. The van der Waals surface area contributed by atoms with Gasteiger partial charge in [-0.05, 0) is 36.4 Å². The van der Waals surface area contributed by atoms with Crippen molar-refractivity contribution in [1.29, 1.82) is 0 Å². The lowest BCUT2D eigenvalue weighted by atomic mass is 10.0. The third-order valence-electron chi connectivity index (χ3n) is 3.60. The predicted octanol–water partition coefficient (Wildman–Crippen LogP) is 5.29. The highest BCUT2D eigenvalue weighted by Crippen LogP contribution is 2.22. The molecule has 3 aromatic carbocycles. The van der Waals surface area contributed by atoms with Crippen molar-refractivity contribution in [2.45, 2.75) is 6.61 Å². The third kappa shape index (κ3) is 3.63. The molecule has 0 spiro atoms. The van der Waals surface area contributed by atoms with Crippen molar-refractivity contribution in [3.05, 3.63) is 100 Å². The van der Waals surface area contributed by atoms with E-state index in [4.69, 9.17) is 16.3 Å². The Hall–Kier alpha value is -2.65. The number of ether oxygens (including phenoxy) is 1. The number of rotatable bonds is 5. The summed E-state index contributed by atoms with van der Waals surface area (Å²) in [7, 11) is 0. The zero-order valence-corrected chi connectivity index (χ0v) is 13.5. The Labute approximate surface area is 144 Å². The van der Waals surface area contributed by atoms with Gasteiger partial charge in [0.1, 0.15) is 18.2 Å². The monoisotopic (exact) mass is 340 g/mol. The first kappa shape index (κ1) is 16.2. The molecule has 3 aromatic rings. The first-order valence-corrected chi connectivity index (χ1v) is 7.78. The molecule has 0 N–H and O–H groups in total. The zero-order valence-electron chi connectivity index (χ0n) is 12.7. The van der Waals surface area contributed by atoms with E-state index in [0.717, 1.165) is 0 Å². The molecular weight excluding hydrogens is 327 g/mol. The van der Waals surface area contributed by atoms with Crippen molar-refractivity contribution in [2.24, 2.45) is 0 Å². The molecule has 120 valence electrons. The van der Waals surface area contributed by atoms with E-state index >= 15 is 0 Å². The number of ketones is 1. The number of hydrogen-bond acceptors (Lipinski definition) is 2. The van der Waals surface area contributed by atoms with Crippen molar-refractivity contribution in [2.75, 3.05) is 0 Å². The Bertz CT molecular complexity index is 825. The van der Waals surface area contributed by atoms with E-state index in [9.17, 15) is 9.18 Å². The maximum atomic E-state index is 13.7. The van der Waals surface area contributed by atoms with E-state index in [1.807, 2.05) is 18.2 Å². The van der Waals surface area contributed by atoms with Gasteiger partial charge in [0.15, 0.2) is 5.78 Å². The van der Waals surface area contributed by atoms with Crippen LogP contribution in [0.25, 0.3) is 0 Å². The SMILES string of the molecule is O=C(c1ccccc1)c1ccc(OCc2c(F)cccc2Cl)cc1. The average Bonchev–Trinajstić information content (AvgIpc) is 2.62. The maximum absolute atomic E-state index is 13.7. The minimum atomic E-state index is -0.404. The van der Waals surface area contributed by atoms with Crippen LogP contribution < -0.4 is 4.74 Å². The summed E-state index contributed by atoms with van der Waals surface area (Å²) in [4.78, 5) is 12.3. The Morgan fingerprint density at radius 1 is 0.875 bits per heavy atom. The molecule has 0 aliphatic rings. The van der Waals surface area contributed by atoms with Crippen LogP contribution in [0.15, 0.2) is 72.8 Å². The van der Waals surface area contributed by atoms with Crippen molar-refractivity contribution in [3.63, 3.8) is 0 Å². The molecular formula is C20H14ClFO2. The molecule has 0 atom stereocenters. The smallest absolute Gasteiger partial charge is 0.193 e. The molecule has 0 aromatic heterocycles. The molecule has 0 saturated heterocycles. The highest BCUT2D eigenvalue weighted by molar-refractivity contribution is 6.31. The van der Waals surface area contributed by atoms with Gasteiger partial charge in [0.05, 0.1) is 5.02 Å². The molecule has 0 amide bonds. The molecule has 2 nitrogen and oxygen atoms in total. The van der Waals surface area contributed by atoms with E-state index in [1.54, 1.807) is 48.5 Å². The second-order valence-electron chi connectivity index (χ2n) is 5.21. The van der Waals surface area contributed by atoms with Crippen LogP contribution in [0.5, 0.6) is 5.75 Å². The van der Waals surface area contributed by atoms with Gasteiger partial charge in [-0.2, -0.15) is 0 Å². The van der Waals surface area contributed by atoms with Crippen LogP contribution in [-0.2, 0) is 6.61 Å². The molecule has 0 saturated carbocycles. The van der Waals surface area contributed by atoms with Crippen LogP contribution >= 0.6 is 11.6 Å². The third-order valence-corrected chi connectivity index (χ3v) is 3.95. The minimum Gasteiger partial charge on any atom is -0.489 e. The average molecular weight is 341 g/mol. The van der Waals surface area contributed by atoms with Crippen LogP contribution in [0.4, 0.5) is 4.39 Å². The lowest BCUT2D eigenvalue weighted by Crippen LogP contribution is -2.02. The summed E-state index contributed by atoms with van der Waals surface area (Å²) >= 11 is 5.97. The molecule has 0 aliphatic carbocycles. The molecule has 24 heavy (non-hydrogen) atoms. The van der Waals surface area contributed by atoms with Gasteiger partial charge >= 0.3 is 0 Å². The molecule has 0 bridgehead atoms. The highest BCUT2D eigenvalue weighted by atomic mass is 35.5. The van der Waals surface area contributed by atoms with Gasteiger partial charge in [0, 0.05) is 16.7 Å². The van der Waals surface area contributed by atoms with Crippen LogP contribution in [0.2, 0.25) is 5.02 Å². The number of carbonyl (C=O) groups is 1. The number of hydrogen-bond donors (Lipinski definition) is 0. The fourth-order valence-electron chi connectivity index (χ4n) is 2.28. The van der Waals surface area contributed by atoms with E-state index < -0.39 is 5.82 Å². The fraction of sp³-hybridized carbons (Fsp3) is 0.0500. The topological polar surface area (TPSA) is 26.3 Å². The lowest BCUT2D eigenvalue weighted by Gasteiger charge is -2.09. The van der Waals surface area contributed by atoms with Crippen LogP contribution in [0, 0.1) is 5.82 Å². The van der Waals surface area contributed by atoms with Gasteiger partial charge in [-0.1, -0.05) is 48.0 Å². The second kappa shape index (κ2) is 7.28. The summed E-state index contributed by atoms with van der Waals surface area (Å²) < 4.78 is 19.3. The van der Waals surface area contributed by atoms with Crippen molar-refractivity contribution >= 4 is 17.4 Å². The van der Waals surface area contributed by atoms with E-state index in [1.165, 1.54) is 6.07 Å². The second-order valence-corrected chi connectivity index (χ2v) is 5.62. The van der Waals surface area contributed by atoms with E-state index in [0.29, 0.717) is 27.5 Å². The van der Waals surface area contributed by atoms with Crippen molar-refractivity contribution in [3.8, 4) is 5.75 Å². The maximum Gasteiger partial charge on any atom is 0.193 e. The van der Waals surface area contributed by atoms with Crippen LogP contribution in [0.1, 0.15) is 21.5 Å². The van der Waals surface area contributed by atoms with Gasteiger partial charge in [-0.3, -0.25) is 4.79 Å². The highest BCUT2D eigenvalue weighted by Gasteiger charge is 2.10. The van der Waals surface area contributed by atoms with E-state index in [-0.39, 0.29) is 12.4 Å². The summed E-state index contributed by atoms with van der Waals surface area (Å²) in [6.45, 7) is 0.0253. The molecule has 0 radical (unpaired) electrons. The first-order valence-electron chi connectivity index (χ1n) is 7.40. The standard InChI is InChI=1S/C20H14ClFO2/c21-18-7-4-8-19(22)17(18)13-24-16-11-9-15(10-12-16)20(23)14-5-2-1-3-6-14/h1-12H,13H2. The first-order chi connectivity index (χ1) is 11.6. The predicted molar refractivity (Wildman–Crippen MR) is 92.1 cm³/mol. The Balaban J connectivity index is 1.70. The molecule has 3 rings (SSSR count). The van der Waals surface area contributed by atoms with Crippen LogP contribution in [0.3, 0.4) is 0 Å². The van der Waals surface area contributed by atoms with Gasteiger partial charge in [-0.15, -0.1) is 0 Å². The van der Waals surface area contributed by atoms with Crippen molar-refractivity contribution in [1.82, 2.24) is 0 Å². The van der Waals surface area contributed by atoms with E-state index in [2.05, 4.69) is 0 Å². The number of benzene rings is 3. The van der Waals surface area contributed by atoms with Gasteiger partial charge < -0.3 is 4.74 Å². The zero-order chi connectivity index (χ0) is 16.9. The molecule has 0 unspecified atom stereocenters. The largest absolute Gasteiger partial charge is 0.489 e. The van der Waals surface area contributed by atoms with Gasteiger partial charge in [0.25, 0.3) is 0 Å².